The number of hydrogen-bond acceptors (Lipinski definition) is 3. The number of fused-ring (bicyclic) bond motifs is 7. The van der Waals surface area contributed by atoms with E-state index in [2.05, 4.69) is 130 Å². The van der Waals surface area contributed by atoms with Gasteiger partial charge in [-0.1, -0.05) is 84.9 Å². The Morgan fingerprint density at radius 3 is 1.79 bits per heavy atom. The van der Waals surface area contributed by atoms with Gasteiger partial charge in [0.05, 0.1) is 0 Å². The summed E-state index contributed by atoms with van der Waals surface area (Å²) in [5, 5.41) is 2.28. The van der Waals surface area contributed by atoms with E-state index in [0.29, 0.717) is 0 Å². The van der Waals surface area contributed by atoms with Crippen LogP contribution in [-0.2, 0) is 0 Å². The Morgan fingerprint density at radius 2 is 1.12 bits per heavy atom. The minimum Gasteiger partial charge on any atom is -0.458 e. The first-order chi connectivity index (χ1) is 21.0. The minimum atomic E-state index is 0.0561. The molecular weight excluding hydrogens is 527 g/mol. The second-order valence-corrected chi connectivity index (χ2v) is 11.8. The van der Waals surface area contributed by atoms with E-state index in [4.69, 9.17) is 13.9 Å². The van der Waals surface area contributed by atoms with Crippen LogP contribution >= 0.6 is 0 Å². The summed E-state index contributed by atoms with van der Waals surface area (Å²) in [6.07, 6.45) is 0. The van der Waals surface area contributed by atoms with Crippen LogP contribution in [0.2, 0.25) is 0 Å². The van der Waals surface area contributed by atoms with Gasteiger partial charge in [0.1, 0.15) is 34.2 Å². The van der Waals surface area contributed by atoms with Crippen LogP contribution in [0.3, 0.4) is 0 Å². The van der Waals surface area contributed by atoms with Crippen LogP contribution in [0.5, 0.6) is 23.0 Å². The maximum absolute atomic E-state index is 6.72. The molecule has 204 valence electrons. The first-order valence-corrected chi connectivity index (χ1v) is 14.8. The Labute approximate surface area is 250 Å². The molecule has 43 heavy (non-hydrogen) atoms. The second kappa shape index (κ2) is 8.89. The summed E-state index contributed by atoms with van der Waals surface area (Å²) >= 11 is 0. The molecule has 3 heterocycles. The van der Waals surface area contributed by atoms with Gasteiger partial charge in [-0.3, -0.25) is 0 Å². The van der Waals surface area contributed by atoms with Crippen molar-refractivity contribution >= 4 is 45.0 Å². The highest BCUT2D eigenvalue weighted by Gasteiger charge is 2.41. The topological polar surface area (TPSA) is 31.6 Å². The van der Waals surface area contributed by atoms with Crippen molar-refractivity contribution < 1.29 is 13.9 Å². The fourth-order valence-corrected chi connectivity index (χ4v) is 7.09. The number of benzene rings is 6. The molecule has 6 aromatic carbocycles. The molecule has 0 fully saturated rings. The maximum Gasteiger partial charge on any atom is 0.260 e. The van der Waals surface area contributed by atoms with Crippen molar-refractivity contribution in [3.05, 3.63) is 126 Å². The smallest absolute Gasteiger partial charge is 0.260 e. The Hall–Kier alpha value is -5.22. The van der Waals surface area contributed by atoms with Crippen LogP contribution in [0.4, 0.5) is 0 Å². The van der Waals surface area contributed by atoms with E-state index in [0.717, 1.165) is 89.3 Å². The third-order valence-corrected chi connectivity index (χ3v) is 9.17. The largest absolute Gasteiger partial charge is 0.458 e. The summed E-state index contributed by atoms with van der Waals surface area (Å²) in [5.74, 6) is 3.58. The zero-order valence-electron chi connectivity index (χ0n) is 24.2. The van der Waals surface area contributed by atoms with E-state index in [1.165, 1.54) is 10.9 Å². The molecule has 0 saturated heterocycles. The molecule has 2 aliphatic rings. The lowest BCUT2D eigenvalue weighted by molar-refractivity contribution is 0.461. The van der Waals surface area contributed by atoms with Crippen molar-refractivity contribution in [3.63, 3.8) is 0 Å². The number of hydrogen-bond donors (Lipinski definition) is 0. The van der Waals surface area contributed by atoms with Gasteiger partial charge in [-0.15, -0.1) is 0 Å². The first-order valence-electron chi connectivity index (χ1n) is 14.8. The molecule has 0 atom stereocenters. The van der Waals surface area contributed by atoms with Gasteiger partial charge in [0, 0.05) is 16.2 Å². The number of furan rings is 1. The first kappa shape index (κ1) is 24.4. The lowest BCUT2D eigenvalue weighted by Crippen LogP contribution is -2.57. The minimum absolute atomic E-state index is 0.0561. The van der Waals surface area contributed by atoms with Crippen LogP contribution < -0.4 is 25.9 Å². The zero-order chi connectivity index (χ0) is 28.8. The van der Waals surface area contributed by atoms with Gasteiger partial charge in [0.2, 0.25) is 0 Å². The van der Waals surface area contributed by atoms with Crippen molar-refractivity contribution in [2.45, 2.75) is 20.8 Å². The number of aryl methyl sites for hydroxylation is 3. The van der Waals surface area contributed by atoms with Gasteiger partial charge in [-0.2, -0.15) is 0 Å². The summed E-state index contributed by atoms with van der Waals surface area (Å²) < 4.78 is 19.8. The van der Waals surface area contributed by atoms with E-state index >= 15 is 0 Å². The molecule has 2 aliphatic heterocycles. The average molecular weight is 554 g/mol. The summed E-state index contributed by atoms with van der Waals surface area (Å²) in [6.45, 7) is 6.39. The summed E-state index contributed by atoms with van der Waals surface area (Å²) in [4.78, 5) is 0. The van der Waals surface area contributed by atoms with Crippen molar-refractivity contribution in [2.75, 3.05) is 0 Å². The molecule has 1 aromatic heterocycles. The SMILES string of the molecule is Cc1cccc2c1Oc1cc(-c3ccccc3-c3ccc4c(c3)oc3c(C)cccc34)cc3c1B2c1cccc(C)c1O3. The number of ether oxygens (including phenoxy) is 2. The molecule has 4 heteroatoms. The Morgan fingerprint density at radius 1 is 0.512 bits per heavy atom. The fourth-order valence-electron chi connectivity index (χ4n) is 7.09. The van der Waals surface area contributed by atoms with E-state index in [9.17, 15) is 0 Å². The monoisotopic (exact) mass is 554 g/mol. The van der Waals surface area contributed by atoms with Crippen molar-refractivity contribution in [1.29, 1.82) is 0 Å². The zero-order valence-corrected chi connectivity index (χ0v) is 24.2. The molecular formula is C39H27BO3. The molecule has 0 spiro atoms. The van der Waals surface area contributed by atoms with Gasteiger partial charge < -0.3 is 13.9 Å². The van der Waals surface area contributed by atoms with Gasteiger partial charge in [-0.25, -0.2) is 0 Å². The molecule has 0 amide bonds. The summed E-state index contributed by atoms with van der Waals surface area (Å²) in [7, 11) is 0. The molecule has 0 saturated carbocycles. The molecule has 0 aliphatic carbocycles. The molecule has 0 bridgehead atoms. The predicted molar refractivity (Wildman–Crippen MR) is 176 cm³/mol. The van der Waals surface area contributed by atoms with Gasteiger partial charge in [-0.05, 0) is 94.9 Å². The van der Waals surface area contributed by atoms with E-state index < -0.39 is 0 Å². The molecule has 0 unspecified atom stereocenters. The lowest BCUT2D eigenvalue weighted by atomic mass is 9.34. The fraction of sp³-hybridized carbons (Fsp3) is 0.0769. The van der Waals surface area contributed by atoms with Crippen LogP contribution in [0, 0.1) is 20.8 Å². The van der Waals surface area contributed by atoms with Crippen molar-refractivity contribution in [2.24, 2.45) is 0 Å². The van der Waals surface area contributed by atoms with E-state index in [1.54, 1.807) is 0 Å². The van der Waals surface area contributed by atoms with Crippen molar-refractivity contribution in [3.8, 4) is 45.3 Å². The highest BCUT2D eigenvalue weighted by molar-refractivity contribution is 6.98. The molecule has 0 N–H and O–H groups in total. The average Bonchev–Trinajstić information content (AvgIpc) is 3.41. The van der Waals surface area contributed by atoms with Crippen LogP contribution in [0.1, 0.15) is 16.7 Å². The third-order valence-electron chi connectivity index (χ3n) is 9.17. The molecule has 9 rings (SSSR count). The molecule has 3 nitrogen and oxygen atoms in total. The standard InChI is InChI=1S/C39H27BO3/c1-22-9-6-14-30-29-18-17-25(19-33(29)41-37(22)30)27-12-4-5-13-28(27)26-20-34-36-35(21-26)43-39-24(3)11-8-16-32(39)40(36)31-15-7-10-23(2)38(31)42-34/h4-21H,1-3H3. The van der Waals surface area contributed by atoms with Crippen LogP contribution in [0.15, 0.2) is 114 Å². The highest BCUT2D eigenvalue weighted by Crippen LogP contribution is 2.42. The van der Waals surface area contributed by atoms with Crippen LogP contribution in [0.25, 0.3) is 44.2 Å². The van der Waals surface area contributed by atoms with Gasteiger partial charge in [0.25, 0.3) is 6.71 Å². The second-order valence-electron chi connectivity index (χ2n) is 11.8. The van der Waals surface area contributed by atoms with E-state index in [-0.39, 0.29) is 6.71 Å². The van der Waals surface area contributed by atoms with Gasteiger partial charge >= 0.3 is 0 Å². The van der Waals surface area contributed by atoms with Crippen LogP contribution in [-0.4, -0.2) is 6.71 Å². The van der Waals surface area contributed by atoms with E-state index in [1.807, 2.05) is 0 Å². The Kier molecular flexibility index (Phi) is 5.04. The summed E-state index contributed by atoms with van der Waals surface area (Å²) in [5.41, 5.74) is 13.1. The summed E-state index contributed by atoms with van der Waals surface area (Å²) in [6, 6.07) is 38.7. The van der Waals surface area contributed by atoms with Gasteiger partial charge in [0.15, 0.2) is 0 Å². The lowest BCUT2D eigenvalue weighted by Gasteiger charge is -2.34. The third kappa shape index (κ3) is 3.50. The maximum atomic E-state index is 6.72. The quantitative estimate of drug-likeness (QED) is 0.201. The molecule has 7 aromatic rings. The number of para-hydroxylation sites is 3. The Bertz CT molecular complexity index is 2220. The number of rotatable bonds is 2. The Balaban J connectivity index is 1.24. The predicted octanol–water partition coefficient (Wildman–Crippen LogP) is 8.57. The highest BCUT2D eigenvalue weighted by atomic mass is 16.5. The normalized spacial score (nSPS) is 12.9. The van der Waals surface area contributed by atoms with Crippen molar-refractivity contribution in [1.82, 2.24) is 0 Å². The molecule has 0 radical (unpaired) electrons.